The zero-order valence-electron chi connectivity index (χ0n) is 10.3. The summed E-state index contributed by atoms with van der Waals surface area (Å²) in [6.07, 6.45) is 0. The predicted octanol–water partition coefficient (Wildman–Crippen LogP) is 2.51. The molecule has 0 radical (unpaired) electrons. The van der Waals surface area contributed by atoms with Crippen LogP contribution in [-0.2, 0) is 0 Å². The first kappa shape index (κ1) is 13.3. The van der Waals surface area contributed by atoms with Crippen LogP contribution in [-0.4, -0.2) is 17.0 Å². The lowest BCUT2D eigenvalue weighted by Gasteiger charge is -2.05. The van der Waals surface area contributed by atoms with Gasteiger partial charge in [0.15, 0.2) is 0 Å². The molecule has 0 spiro atoms. The van der Waals surface area contributed by atoms with E-state index in [2.05, 4.69) is 5.32 Å². The molecule has 98 valence electrons. The Hall–Kier alpha value is -3.13. The average Bonchev–Trinajstić information content (AvgIpc) is 2.48. The number of nitriles is 1. The van der Waals surface area contributed by atoms with Crippen molar-refractivity contribution in [3.05, 3.63) is 65.2 Å². The standard InChI is InChI=1S/C15H10N2O3/c16-9-10-4-6-13(7-5-10)17-14(18)11-2-1-3-12(8-11)15(19)20/h1-8H,(H,17,18)(H,19,20). The van der Waals surface area contributed by atoms with Gasteiger partial charge in [-0.15, -0.1) is 0 Å². The lowest BCUT2D eigenvalue weighted by molar-refractivity contribution is 0.0697. The number of carboxylic acids is 1. The molecule has 1 amide bonds. The van der Waals surface area contributed by atoms with Gasteiger partial charge in [-0.3, -0.25) is 4.79 Å². The van der Waals surface area contributed by atoms with Crippen LogP contribution < -0.4 is 5.32 Å². The van der Waals surface area contributed by atoms with E-state index in [1.165, 1.54) is 24.3 Å². The number of carboxylic acid groups (broad SMARTS) is 1. The average molecular weight is 266 g/mol. The van der Waals surface area contributed by atoms with Crippen LogP contribution in [0, 0.1) is 11.3 Å². The molecule has 0 saturated heterocycles. The van der Waals surface area contributed by atoms with Gasteiger partial charge in [0.25, 0.3) is 5.91 Å². The Bertz CT molecular complexity index is 700. The van der Waals surface area contributed by atoms with Gasteiger partial charge in [-0.05, 0) is 42.5 Å². The predicted molar refractivity (Wildman–Crippen MR) is 72.5 cm³/mol. The minimum atomic E-state index is -1.09. The third-order valence-corrected chi connectivity index (χ3v) is 2.64. The summed E-state index contributed by atoms with van der Waals surface area (Å²) in [4.78, 5) is 22.8. The maximum absolute atomic E-state index is 12.0. The van der Waals surface area contributed by atoms with Crippen LogP contribution in [0.2, 0.25) is 0 Å². The number of nitrogens with zero attached hydrogens (tertiary/aromatic N) is 1. The highest BCUT2D eigenvalue weighted by Crippen LogP contribution is 2.12. The highest BCUT2D eigenvalue weighted by Gasteiger charge is 2.09. The number of anilines is 1. The van der Waals surface area contributed by atoms with Crippen molar-refractivity contribution in [1.82, 2.24) is 0 Å². The first-order valence-electron chi connectivity index (χ1n) is 5.75. The van der Waals surface area contributed by atoms with Crippen LogP contribution in [0.4, 0.5) is 5.69 Å². The highest BCUT2D eigenvalue weighted by atomic mass is 16.4. The van der Waals surface area contributed by atoms with Gasteiger partial charge in [0.1, 0.15) is 0 Å². The molecule has 20 heavy (non-hydrogen) atoms. The van der Waals surface area contributed by atoms with Crippen LogP contribution in [0.25, 0.3) is 0 Å². The molecule has 0 aromatic heterocycles. The second kappa shape index (κ2) is 5.67. The fraction of sp³-hybridized carbons (Fsp3) is 0. The van der Waals surface area contributed by atoms with Gasteiger partial charge in [-0.1, -0.05) is 6.07 Å². The maximum atomic E-state index is 12.0. The van der Waals surface area contributed by atoms with Crippen molar-refractivity contribution in [2.75, 3.05) is 5.32 Å². The zero-order valence-corrected chi connectivity index (χ0v) is 10.3. The van der Waals surface area contributed by atoms with Crippen LogP contribution in [0.3, 0.4) is 0 Å². The first-order chi connectivity index (χ1) is 9.60. The Morgan fingerprint density at radius 3 is 2.30 bits per heavy atom. The zero-order chi connectivity index (χ0) is 14.5. The Kier molecular flexibility index (Phi) is 3.77. The molecule has 0 heterocycles. The molecule has 2 aromatic rings. The lowest BCUT2D eigenvalue weighted by atomic mass is 10.1. The number of nitrogens with one attached hydrogen (secondary N) is 1. The van der Waals surface area contributed by atoms with E-state index in [0.717, 1.165) is 0 Å². The molecule has 0 aliphatic rings. The van der Waals surface area contributed by atoms with Crippen LogP contribution in [0.1, 0.15) is 26.3 Å². The van der Waals surface area contributed by atoms with Crippen molar-refractivity contribution >= 4 is 17.6 Å². The van der Waals surface area contributed by atoms with E-state index >= 15 is 0 Å². The van der Waals surface area contributed by atoms with Gasteiger partial charge in [0.2, 0.25) is 0 Å². The quantitative estimate of drug-likeness (QED) is 0.893. The number of carbonyl (C=O) groups is 2. The van der Waals surface area contributed by atoms with Crippen molar-refractivity contribution in [3.8, 4) is 6.07 Å². The number of amides is 1. The van der Waals surface area contributed by atoms with E-state index in [9.17, 15) is 9.59 Å². The van der Waals surface area contributed by atoms with E-state index < -0.39 is 11.9 Å². The molecular weight excluding hydrogens is 256 g/mol. The fourth-order valence-electron chi connectivity index (χ4n) is 1.62. The normalized spacial score (nSPS) is 9.55. The van der Waals surface area contributed by atoms with Crippen LogP contribution in [0.15, 0.2) is 48.5 Å². The summed E-state index contributed by atoms with van der Waals surface area (Å²) in [5.74, 6) is -1.49. The summed E-state index contributed by atoms with van der Waals surface area (Å²) in [7, 11) is 0. The molecule has 0 unspecified atom stereocenters. The van der Waals surface area contributed by atoms with E-state index in [-0.39, 0.29) is 11.1 Å². The van der Waals surface area contributed by atoms with Crippen molar-refractivity contribution in [3.63, 3.8) is 0 Å². The molecule has 0 saturated carbocycles. The third kappa shape index (κ3) is 3.00. The van der Waals surface area contributed by atoms with Gasteiger partial charge in [0, 0.05) is 11.3 Å². The molecular formula is C15H10N2O3. The summed E-state index contributed by atoms with van der Waals surface area (Å²) >= 11 is 0. The molecule has 2 aromatic carbocycles. The highest BCUT2D eigenvalue weighted by molar-refractivity contribution is 6.05. The summed E-state index contributed by atoms with van der Waals surface area (Å²) in [6.45, 7) is 0. The molecule has 0 aliphatic carbocycles. The topological polar surface area (TPSA) is 90.2 Å². The van der Waals surface area contributed by atoms with Gasteiger partial charge in [-0.2, -0.15) is 5.26 Å². The number of benzene rings is 2. The molecule has 0 atom stereocenters. The second-order valence-corrected chi connectivity index (χ2v) is 4.03. The summed E-state index contributed by atoms with van der Waals surface area (Å²) < 4.78 is 0. The molecule has 2 N–H and O–H groups in total. The summed E-state index contributed by atoms with van der Waals surface area (Å²) in [5, 5.41) is 20.2. The van der Waals surface area contributed by atoms with Crippen molar-refractivity contribution < 1.29 is 14.7 Å². The first-order valence-corrected chi connectivity index (χ1v) is 5.75. The summed E-state index contributed by atoms with van der Waals surface area (Å²) in [5.41, 5.74) is 1.34. The number of hydrogen-bond donors (Lipinski definition) is 2. The van der Waals surface area contributed by atoms with Gasteiger partial charge in [0.05, 0.1) is 17.2 Å². The lowest BCUT2D eigenvalue weighted by Crippen LogP contribution is -2.12. The Morgan fingerprint density at radius 2 is 1.70 bits per heavy atom. The molecule has 0 bridgehead atoms. The summed E-state index contributed by atoms with van der Waals surface area (Å²) in [6, 6.07) is 14.1. The number of rotatable bonds is 3. The Labute approximate surface area is 115 Å². The van der Waals surface area contributed by atoms with E-state index in [0.29, 0.717) is 11.3 Å². The minimum absolute atomic E-state index is 0.0532. The van der Waals surface area contributed by atoms with Crippen LogP contribution in [0.5, 0.6) is 0 Å². The monoisotopic (exact) mass is 266 g/mol. The van der Waals surface area contributed by atoms with Crippen molar-refractivity contribution in [1.29, 1.82) is 5.26 Å². The molecule has 5 heteroatoms. The molecule has 0 fully saturated rings. The van der Waals surface area contributed by atoms with E-state index in [1.807, 2.05) is 6.07 Å². The van der Waals surface area contributed by atoms with E-state index in [4.69, 9.17) is 10.4 Å². The van der Waals surface area contributed by atoms with Crippen LogP contribution >= 0.6 is 0 Å². The Morgan fingerprint density at radius 1 is 1.05 bits per heavy atom. The molecule has 5 nitrogen and oxygen atoms in total. The largest absolute Gasteiger partial charge is 0.478 e. The fourth-order valence-corrected chi connectivity index (χ4v) is 1.62. The second-order valence-electron chi connectivity index (χ2n) is 4.03. The minimum Gasteiger partial charge on any atom is -0.478 e. The number of carbonyl (C=O) groups excluding carboxylic acids is 1. The van der Waals surface area contributed by atoms with Gasteiger partial charge in [-0.25, -0.2) is 4.79 Å². The molecule has 0 aliphatic heterocycles. The molecule has 2 rings (SSSR count). The van der Waals surface area contributed by atoms with Crippen molar-refractivity contribution in [2.24, 2.45) is 0 Å². The number of aromatic carboxylic acids is 1. The van der Waals surface area contributed by atoms with E-state index in [1.54, 1.807) is 24.3 Å². The SMILES string of the molecule is N#Cc1ccc(NC(=O)c2cccc(C(=O)O)c2)cc1. The van der Waals surface area contributed by atoms with Crippen molar-refractivity contribution in [2.45, 2.75) is 0 Å². The third-order valence-electron chi connectivity index (χ3n) is 2.64. The smallest absolute Gasteiger partial charge is 0.335 e. The van der Waals surface area contributed by atoms with Gasteiger partial charge < -0.3 is 10.4 Å². The van der Waals surface area contributed by atoms with Gasteiger partial charge >= 0.3 is 5.97 Å². The maximum Gasteiger partial charge on any atom is 0.335 e. The Balaban J connectivity index is 2.17. The number of hydrogen-bond acceptors (Lipinski definition) is 3.